The zero-order valence-corrected chi connectivity index (χ0v) is 15.1. The Labute approximate surface area is 154 Å². The van der Waals surface area contributed by atoms with Gasteiger partial charge in [-0.1, -0.05) is 30.3 Å². The first-order valence-corrected chi connectivity index (χ1v) is 9.02. The molecule has 140 valence electrons. The van der Waals surface area contributed by atoms with Gasteiger partial charge in [-0.05, 0) is 36.6 Å². The van der Waals surface area contributed by atoms with Crippen LogP contribution in [-0.2, 0) is 17.9 Å². The van der Waals surface area contributed by atoms with Crippen LogP contribution in [0.1, 0.15) is 24.0 Å². The average Bonchev–Trinajstić information content (AvgIpc) is 3.48. The van der Waals surface area contributed by atoms with Gasteiger partial charge in [-0.3, -0.25) is 4.90 Å². The quantitative estimate of drug-likeness (QED) is 0.706. The summed E-state index contributed by atoms with van der Waals surface area (Å²) in [6.45, 7) is 1.67. The molecule has 0 saturated heterocycles. The van der Waals surface area contributed by atoms with E-state index in [1.165, 1.54) is 6.07 Å². The van der Waals surface area contributed by atoms with Crippen LogP contribution in [0.15, 0.2) is 48.5 Å². The second-order valence-electron chi connectivity index (χ2n) is 6.77. The van der Waals surface area contributed by atoms with Gasteiger partial charge in [0.25, 0.3) is 0 Å². The molecule has 1 fully saturated rings. The third-order valence-corrected chi connectivity index (χ3v) is 4.55. The largest absolute Gasteiger partial charge is 0.497 e. The van der Waals surface area contributed by atoms with Crippen molar-refractivity contribution in [2.75, 3.05) is 20.3 Å². The topological polar surface area (TPSA) is 41.9 Å². The first kappa shape index (κ1) is 18.8. The summed E-state index contributed by atoms with van der Waals surface area (Å²) in [6.07, 6.45) is 1.60. The van der Waals surface area contributed by atoms with Crippen LogP contribution in [0.2, 0.25) is 0 Å². The van der Waals surface area contributed by atoms with E-state index in [-0.39, 0.29) is 12.4 Å². The molecule has 1 N–H and O–H groups in total. The molecule has 0 heterocycles. The molecule has 0 bridgehead atoms. The van der Waals surface area contributed by atoms with E-state index in [1.54, 1.807) is 19.2 Å². The highest BCUT2D eigenvalue weighted by Crippen LogP contribution is 2.29. The second kappa shape index (κ2) is 9.12. The van der Waals surface area contributed by atoms with Crippen LogP contribution >= 0.6 is 0 Å². The van der Waals surface area contributed by atoms with E-state index in [9.17, 15) is 9.50 Å². The van der Waals surface area contributed by atoms with E-state index in [4.69, 9.17) is 9.47 Å². The SMILES string of the molecule is COc1cccc(COCC(O)CN(Cc2ccccc2F)C2CC2)c1. The van der Waals surface area contributed by atoms with Gasteiger partial charge in [0.2, 0.25) is 0 Å². The van der Waals surface area contributed by atoms with Gasteiger partial charge in [0, 0.05) is 24.7 Å². The predicted molar refractivity (Wildman–Crippen MR) is 98.5 cm³/mol. The van der Waals surface area contributed by atoms with Crippen molar-refractivity contribution >= 4 is 0 Å². The third-order valence-electron chi connectivity index (χ3n) is 4.55. The molecule has 1 saturated carbocycles. The summed E-state index contributed by atoms with van der Waals surface area (Å²) in [7, 11) is 1.63. The first-order valence-electron chi connectivity index (χ1n) is 9.02. The van der Waals surface area contributed by atoms with Crippen molar-refractivity contribution in [1.82, 2.24) is 4.90 Å². The molecule has 0 aliphatic heterocycles. The smallest absolute Gasteiger partial charge is 0.127 e. The molecule has 1 atom stereocenters. The molecule has 2 aromatic rings. The molecule has 1 aliphatic rings. The van der Waals surface area contributed by atoms with Crippen molar-refractivity contribution in [3.63, 3.8) is 0 Å². The average molecular weight is 359 g/mol. The molecule has 2 aromatic carbocycles. The molecule has 4 nitrogen and oxygen atoms in total. The Balaban J connectivity index is 1.47. The number of nitrogens with zero attached hydrogens (tertiary/aromatic N) is 1. The van der Waals surface area contributed by atoms with Crippen LogP contribution in [0.5, 0.6) is 5.75 Å². The van der Waals surface area contributed by atoms with Gasteiger partial charge >= 0.3 is 0 Å². The summed E-state index contributed by atoms with van der Waals surface area (Å²) in [5.41, 5.74) is 1.67. The van der Waals surface area contributed by atoms with E-state index in [2.05, 4.69) is 4.90 Å². The Hall–Kier alpha value is -1.95. The van der Waals surface area contributed by atoms with Crippen molar-refractivity contribution in [3.8, 4) is 5.75 Å². The van der Waals surface area contributed by atoms with E-state index in [0.717, 1.165) is 24.2 Å². The fourth-order valence-electron chi connectivity index (χ4n) is 3.03. The van der Waals surface area contributed by atoms with Crippen molar-refractivity contribution in [2.45, 2.75) is 38.1 Å². The van der Waals surface area contributed by atoms with E-state index in [1.807, 2.05) is 30.3 Å². The Bertz CT molecular complexity index is 705. The van der Waals surface area contributed by atoms with Crippen LogP contribution in [0, 0.1) is 5.82 Å². The first-order chi connectivity index (χ1) is 12.7. The molecule has 0 aromatic heterocycles. The normalized spacial score (nSPS) is 15.2. The molecule has 0 spiro atoms. The maximum Gasteiger partial charge on any atom is 0.127 e. The van der Waals surface area contributed by atoms with Crippen LogP contribution in [0.25, 0.3) is 0 Å². The number of aliphatic hydroxyl groups is 1. The van der Waals surface area contributed by atoms with Gasteiger partial charge in [0.05, 0.1) is 26.4 Å². The number of ether oxygens (including phenoxy) is 2. The van der Waals surface area contributed by atoms with Gasteiger partial charge in [0.15, 0.2) is 0 Å². The van der Waals surface area contributed by atoms with Gasteiger partial charge in [-0.2, -0.15) is 0 Å². The van der Waals surface area contributed by atoms with E-state index < -0.39 is 6.10 Å². The summed E-state index contributed by atoms with van der Waals surface area (Å²) < 4.78 is 24.7. The fraction of sp³-hybridized carbons (Fsp3) is 0.429. The molecule has 0 radical (unpaired) electrons. The minimum Gasteiger partial charge on any atom is -0.497 e. The molecule has 26 heavy (non-hydrogen) atoms. The number of halogens is 1. The Morgan fingerprint density at radius 2 is 2.00 bits per heavy atom. The predicted octanol–water partition coefficient (Wildman–Crippen LogP) is 3.38. The number of hydrogen-bond acceptors (Lipinski definition) is 4. The lowest BCUT2D eigenvalue weighted by Gasteiger charge is -2.25. The minimum absolute atomic E-state index is 0.193. The molecule has 5 heteroatoms. The Kier molecular flexibility index (Phi) is 6.61. The molecule has 3 rings (SSSR count). The molecule has 1 unspecified atom stereocenters. The molecular formula is C21H26FNO3. The highest BCUT2D eigenvalue weighted by Gasteiger charge is 2.30. The number of rotatable bonds is 10. The second-order valence-corrected chi connectivity index (χ2v) is 6.77. The number of hydrogen-bond donors (Lipinski definition) is 1. The van der Waals surface area contributed by atoms with Crippen LogP contribution in [0.3, 0.4) is 0 Å². The maximum atomic E-state index is 13.9. The highest BCUT2D eigenvalue weighted by molar-refractivity contribution is 5.27. The Morgan fingerprint density at radius 3 is 2.73 bits per heavy atom. The summed E-state index contributed by atoms with van der Waals surface area (Å²) in [5, 5.41) is 10.3. The highest BCUT2D eigenvalue weighted by atomic mass is 19.1. The number of methoxy groups -OCH3 is 1. The van der Waals surface area contributed by atoms with E-state index in [0.29, 0.717) is 31.3 Å². The van der Waals surface area contributed by atoms with Gasteiger partial charge in [0.1, 0.15) is 11.6 Å². The lowest BCUT2D eigenvalue weighted by Crippen LogP contribution is -2.36. The van der Waals surface area contributed by atoms with Gasteiger partial charge in [-0.15, -0.1) is 0 Å². The minimum atomic E-state index is -0.604. The van der Waals surface area contributed by atoms with Crippen molar-refractivity contribution in [3.05, 3.63) is 65.5 Å². The van der Waals surface area contributed by atoms with Crippen molar-refractivity contribution in [1.29, 1.82) is 0 Å². The summed E-state index contributed by atoms with van der Waals surface area (Å²) in [4.78, 5) is 2.15. The van der Waals surface area contributed by atoms with Gasteiger partial charge in [-0.25, -0.2) is 4.39 Å². The van der Waals surface area contributed by atoms with Crippen LogP contribution in [-0.4, -0.2) is 42.4 Å². The lowest BCUT2D eigenvalue weighted by molar-refractivity contribution is 0.00686. The molecule has 0 amide bonds. The van der Waals surface area contributed by atoms with Crippen LogP contribution in [0.4, 0.5) is 4.39 Å². The third kappa shape index (κ3) is 5.53. The van der Waals surface area contributed by atoms with Crippen molar-refractivity contribution in [2.24, 2.45) is 0 Å². The fourth-order valence-corrected chi connectivity index (χ4v) is 3.03. The summed E-state index contributed by atoms with van der Waals surface area (Å²) in [6, 6.07) is 14.9. The number of aliphatic hydroxyl groups excluding tert-OH is 1. The molecule has 1 aliphatic carbocycles. The zero-order valence-electron chi connectivity index (χ0n) is 15.1. The maximum absolute atomic E-state index is 13.9. The monoisotopic (exact) mass is 359 g/mol. The van der Waals surface area contributed by atoms with Gasteiger partial charge < -0.3 is 14.6 Å². The number of benzene rings is 2. The molecular weight excluding hydrogens is 333 g/mol. The zero-order chi connectivity index (χ0) is 18.4. The standard InChI is InChI=1S/C21H26FNO3/c1-25-20-7-4-5-16(11-20)14-26-15-19(24)13-23(18-9-10-18)12-17-6-2-3-8-21(17)22/h2-8,11,18-19,24H,9-10,12-15H2,1H3. The summed E-state index contributed by atoms with van der Waals surface area (Å²) in [5.74, 6) is 0.596. The lowest BCUT2D eigenvalue weighted by atomic mass is 10.2. The summed E-state index contributed by atoms with van der Waals surface area (Å²) >= 11 is 0. The van der Waals surface area contributed by atoms with E-state index >= 15 is 0 Å². The van der Waals surface area contributed by atoms with Crippen LogP contribution < -0.4 is 4.74 Å². The van der Waals surface area contributed by atoms with Crippen molar-refractivity contribution < 1.29 is 19.0 Å². The Morgan fingerprint density at radius 1 is 1.19 bits per heavy atom.